The van der Waals surface area contributed by atoms with E-state index in [1.165, 1.54) is 0 Å². The summed E-state index contributed by atoms with van der Waals surface area (Å²) in [7, 11) is 1.65. The van der Waals surface area contributed by atoms with Crippen molar-refractivity contribution in [3.8, 4) is 5.75 Å². The number of carbonyl (C=O) groups is 1. The third-order valence-corrected chi connectivity index (χ3v) is 4.68. The summed E-state index contributed by atoms with van der Waals surface area (Å²) < 4.78 is 6.92. The highest BCUT2D eigenvalue weighted by atomic mass is 35.5. The van der Waals surface area contributed by atoms with Gasteiger partial charge in [-0.2, -0.15) is 5.10 Å². The molecule has 7 heteroatoms. The fourth-order valence-corrected chi connectivity index (χ4v) is 3.25. The minimum atomic E-state index is -0.0682. The predicted octanol–water partition coefficient (Wildman–Crippen LogP) is 2.22. The lowest BCUT2D eigenvalue weighted by atomic mass is 10.0. The fourth-order valence-electron chi connectivity index (χ4n) is 3.25. The van der Waals surface area contributed by atoms with E-state index >= 15 is 0 Å². The third kappa shape index (κ3) is 4.74. The second-order valence-corrected chi connectivity index (χ2v) is 6.28. The summed E-state index contributed by atoms with van der Waals surface area (Å²) in [5.41, 5.74) is 7.46. The number of nitrogens with zero attached hydrogens (tertiary/aromatic N) is 2. The first-order valence-corrected chi connectivity index (χ1v) is 8.36. The smallest absolute Gasteiger partial charge is 0.254 e. The van der Waals surface area contributed by atoms with E-state index in [9.17, 15) is 4.79 Å². The van der Waals surface area contributed by atoms with Gasteiger partial charge < -0.3 is 15.8 Å². The maximum absolute atomic E-state index is 12.4. The molecule has 25 heavy (non-hydrogen) atoms. The van der Waals surface area contributed by atoms with Crippen molar-refractivity contribution < 1.29 is 9.53 Å². The van der Waals surface area contributed by atoms with Crippen LogP contribution in [0.1, 0.15) is 35.2 Å². The van der Waals surface area contributed by atoms with Crippen LogP contribution in [-0.4, -0.2) is 35.4 Å². The van der Waals surface area contributed by atoms with Crippen LogP contribution in [0.4, 0.5) is 0 Å². The zero-order chi connectivity index (χ0) is 16.9. The zero-order valence-electron chi connectivity index (χ0n) is 14.4. The van der Waals surface area contributed by atoms with Gasteiger partial charge in [0.15, 0.2) is 0 Å². The number of amides is 1. The molecule has 1 aliphatic carbocycles. The van der Waals surface area contributed by atoms with Crippen molar-refractivity contribution in [1.29, 1.82) is 0 Å². The van der Waals surface area contributed by atoms with Crippen molar-refractivity contribution in [3.05, 3.63) is 47.8 Å². The van der Waals surface area contributed by atoms with E-state index < -0.39 is 0 Å². The summed E-state index contributed by atoms with van der Waals surface area (Å²) in [6, 6.07) is 8.00. The maximum Gasteiger partial charge on any atom is 0.254 e. The molecule has 0 bridgehead atoms. The van der Waals surface area contributed by atoms with Gasteiger partial charge >= 0.3 is 0 Å². The Hall–Kier alpha value is -2.05. The van der Waals surface area contributed by atoms with Crippen molar-refractivity contribution in [2.24, 2.45) is 11.7 Å². The van der Waals surface area contributed by atoms with E-state index in [0.717, 1.165) is 30.6 Å². The molecule has 3 rings (SSSR count). The number of benzene rings is 1. The second-order valence-electron chi connectivity index (χ2n) is 6.28. The topological polar surface area (TPSA) is 82.2 Å². The molecule has 0 aliphatic heterocycles. The Morgan fingerprint density at radius 1 is 1.36 bits per heavy atom. The Labute approximate surface area is 154 Å². The first-order valence-electron chi connectivity index (χ1n) is 8.36. The second kappa shape index (κ2) is 8.87. The molecule has 6 nitrogen and oxygen atoms in total. The molecule has 136 valence electrons. The molecule has 1 aliphatic rings. The van der Waals surface area contributed by atoms with Crippen LogP contribution in [0.2, 0.25) is 0 Å². The van der Waals surface area contributed by atoms with Gasteiger partial charge in [-0.25, -0.2) is 0 Å². The standard InChI is InChI=1S/C18H24N4O2.ClH/c1-24-16-7-5-13(6-8-16)11-22-12-15(10-20-22)18(23)21-17-4-2-3-14(17)9-19;/h5-8,10,12,14,17H,2-4,9,11,19H2,1H3,(H,21,23);1H. The molecule has 0 radical (unpaired) electrons. The molecular weight excluding hydrogens is 340 g/mol. The average molecular weight is 365 g/mol. The molecule has 1 aromatic carbocycles. The maximum atomic E-state index is 12.4. The van der Waals surface area contributed by atoms with Gasteiger partial charge in [0.2, 0.25) is 0 Å². The van der Waals surface area contributed by atoms with Crippen LogP contribution in [0.3, 0.4) is 0 Å². The first-order chi connectivity index (χ1) is 11.7. The van der Waals surface area contributed by atoms with Crippen molar-refractivity contribution in [3.63, 3.8) is 0 Å². The molecule has 1 amide bonds. The molecule has 2 atom stereocenters. The van der Waals surface area contributed by atoms with E-state index in [1.807, 2.05) is 24.3 Å². The Kier molecular flexibility index (Phi) is 6.84. The highest BCUT2D eigenvalue weighted by Crippen LogP contribution is 2.24. The molecule has 2 unspecified atom stereocenters. The monoisotopic (exact) mass is 364 g/mol. The molecular formula is C18H25ClN4O2. The van der Waals surface area contributed by atoms with Crippen LogP contribution < -0.4 is 15.8 Å². The SMILES string of the molecule is COc1ccc(Cn2cc(C(=O)NC3CCCC3CN)cn2)cc1.Cl. The molecule has 1 aromatic heterocycles. The zero-order valence-corrected chi connectivity index (χ0v) is 15.2. The van der Waals surface area contributed by atoms with Gasteiger partial charge in [-0.1, -0.05) is 18.6 Å². The Morgan fingerprint density at radius 2 is 2.12 bits per heavy atom. The third-order valence-electron chi connectivity index (χ3n) is 4.68. The molecule has 0 saturated heterocycles. The molecule has 1 saturated carbocycles. The summed E-state index contributed by atoms with van der Waals surface area (Å²) in [4.78, 5) is 12.4. The summed E-state index contributed by atoms with van der Waals surface area (Å²) >= 11 is 0. The number of hydrogen-bond acceptors (Lipinski definition) is 4. The average Bonchev–Trinajstić information content (AvgIpc) is 3.24. The van der Waals surface area contributed by atoms with E-state index in [2.05, 4.69) is 10.4 Å². The Morgan fingerprint density at radius 3 is 2.80 bits per heavy atom. The van der Waals surface area contributed by atoms with Gasteiger partial charge in [0.05, 0.1) is 25.4 Å². The minimum absolute atomic E-state index is 0. The van der Waals surface area contributed by atoms with Crippen LogP contribution in [0.5, 0.6) is 5.75 Å². The van der Waals surface area contributed by atoms with E-state index in [4.69, 9.17) is 10.5 Å². The van der Waals surface area contributed by atoms with Crippen molar-refractivity contribution in [1.82, 2.24) is 15.1 Å². The van der Waals surface area contributed by atoms with Crippen molar-refractivity contribution in [2.45, 2.75) is 31.8 Å². The summed E-state index contributed by atoms with van der Waals surface area (Å²) in [5, 5.41) is 7.39. The summed E-state index contributed by atoms with van der Waals surface area (Å²) in [6.45, 7) is 1.24. The normalized spacial score (nSPS) is 19.3. The lowest BCUT2D eigenvalue weighted by Crippen LogP contribution is -2.39. The highest BCUT2D eigenvalue weighted by Gasteiger charge is 2.27. The van der Waals surface area contributed by atoms with E-state index in [-0.39, 0.29) is 24.4 Å². The number of rotatable bonds is 6. The Bertz CT molecular complexity index is 687. The van der Waals surface area contributed by atoms with Crippen LogP contribution in [0, 0.1) is 5.92 Å². The van der Waals surface area contributed by atoms with Gasteiger partial charge in [-0.05, 0) is 43.0 Å². The van der Waals surface area contributed by atoms with Crippen molar-refractivity contribution in [2.75, 3.05) is 13.7 Å². The lowest BCUT2D eigenvalue weighted by molar-refractivity contribution is 0.0928. The van der Waals surface area contributed by atoms with Crippen molar-refractivity contribution >= 4 is 18.3 Å². The first kappa shape index (κ1) is 19.3. The molecule has 3 N–H and O–H groups in total. The van der Waals surface area contributed by atoms with Crippen LogP contribution in [0.15, 0.2) is 36.7 Å². The number of ether oxygens (including phenoxy) is 1. The van der Waals surface area contributed by atoms with Crippen LogP contribution >= 0.6 is 12.4 Å². The quantitative estimate of drug-likeness (QED) is 0.823. The number of nitrogens with two attached hydrogens (primary N) is 1. The fraction of sp³-hybridized carbons (Fsp3) is 0.444. The molecule has 2 aromatic rings. The number of halogens is 1. The van der Waals surface area contributed by atoms with E-state index in [0.29, 0.717) is 24.6 Å². The molecule has 1 heterocycles. The number of nitrogens with one attached hydrogen (secondary N) is 1. The van der Waals surface area contributed by atoms with E-state index in [1.54, 1.807) is 24.2 Å². The van der Waals surface area contributed by atoms with Gasteiger partial charge in [-0.15, -0.1) is 12.4 Å². The summed E-state index contributed by atoms with van der Waals surface area (Å²) in [5.74, 6) is 1.15. The number of carbonyl (C=O) groups excluding carboxylic acids is 1. The van der Waals surface area contributed by atoms with Gasteiger partial charge in [0.1, 0.15) is 5.75 Å². The van der Waals surface area contributed by atoms with Gasteiger partial charge in [0, 0.05) is 12.2 Å². The van der Waals surface area contributed by atoms with Gasteiger partial charge in [0.25, 0.3) is 5.91 Å². The van der Waals surface area contributed by atoms with Crippen LogP contribution in [-0.2, 0) is 6.54 Å². The number of aromatic nitrogens is 2. The summed E-state index contributed by atoms with van der Waals surface area (Å²) in [6.07, 6.45) is 6.63. The largest absolute Gasteiger partial charge is 0.497 e. The Balaban J connectivity index is 0.00000225. The molecule has 1 fully saturated rings. The minimum Gasteiger partial charge on any atom is -0.497 e. The van der Waals surface area contributed by atoms with Crippen LogP contribution in [0.25, 0.3) is 0 Å². The lowest BCUT2D eigenvalue weighted by Gasteiger charge is -2.18. The molecule has 0 spiro atoms. The number of methoxy groups -OCH3 is 1. The highest BCUT2D eigenvalue weighted by molar-refractivity contribution is 5.93. The number of hydrogen-bond donors (Lipinski definition) is 2. The van der Waals surface area contributed by atoms with Gasteiger partial charge in [-0.3, -0.25) is 9.48 Å². The predicted molar refractivity (Wildman–Crippen MR) is 99.2 cm³/mol.